The van der Waals surface area contributed by atoms with Gasteiger partial charge in [0.1, 0.15) is 5.75 Å². The van der Waals surface area contributed by atoms with Crippen molar-refractivity contribution in [3.8, 4) is 5.75 Å². The second kappa shape index (κ2) is 9.26. The van der Waals surface area contributed by atoms with Gasteiger partial charge in [0.15, 0.2) is 6.61 Å². The fourth-order valence-electron chi connectivity index (χ4n) is 3.56. The van der Waals surface area contributed by atoms with Crippen LogP contribution in [0.1, 0.15) is 35.5 Å². The summed E-state index contributed by atoms with van der Waals surface area (Å²) in [5.74, 6) is -2.01. The Hall–Kier alpha value is -3.61. The predicted octanol–water partition coefficient (Wildman–Crippen LogP) is 2.86. The van der Waals surface area contributed by atoms with E-state index >= 15 is 0 Å². The lowest BCUT2D eigenvalue weighted by atomic mass is 10.0. The summed E-state index contributed by atoms with van der Waals surface area (Å²) in [6.07, 6.45) is 0.507. The van der Waals surface area contributed by atoms with Crippen LogP contribution in [0.25, 0.3) is 10.9 Å². The number of hydrogen-bond donors (Lipinski definition) is 1. The molecule has 2 aromatic carbocycles. The molecule has 0 spiro atoms. The van der Waals surface area contributed by atoms with E-state index in [0.29, 0.717) is 29.8 Å². The molecule has 0 saturated heterocycles. The van der Waals surface area contributed by atoms with E-state index in [0.717, 1.165) is 11.1 Å². The first-order chi connectivity index (χ1) is 14.5. The molecule has 0 aliphatic rings. The first kappa shape index (κ1) is 21.1. The Kier molecular flexibility index (Phi) is 6.51. The maximum Gasteiger partial charge on any atom is 0.344 e. The third-order valence-electron chi connectivity index (χ3n) is 4.78. The number of amides is 1. The Labute approximate surface area is 174 Å². The second-order valence-corrected chi connectivity index (χ2v) is 6.68. The summed E-state index contributed by atoms with van der Waals surface area (Å²) in [4.78, 5) is 36.3. The zero-order chi connectivity index (χ0) is 21.7. The van der Waals surface area contributed by atoms with Gasteiger partial charge in [0.05, 0.1) is 23.1 Å². The number of primary amides is 1. The molecule has 7 nitrogen and oxygen atoms in total. The van der Waals surface area contributed by atoms with E-state index in [-0.39, 0.29) is 18.8 Å². The molecule has 1 aromatic heterocycles. The van der Waals surface area contributed by atoms with Crippen molar-refractivity contribution in [2.75, 3.05) is 13.2 Å². The Balaban J connectivity index is 2.18. The number of aromatic nitrogens is 1. The lowest BCUT2D eigenvalue weighted by Crippen LogP contribution is -2.24. The van der Waals surface area contributed by atoms with Gasteiger partial charge in [-0.15, -0.1) is 0 Å². The highest BCUT2D eigenvalue weighted by Crippen LogP contribution is 2.35. The topological polar surface area (TPSA) is 101 Å². The standard InChI is InChI=1S/C23H24N2O5/c1-3-16-21(22(27)23(24)28)20-17(25(16)13-15-9-6-5-7-10-15)11-8-12-18(20)30-14-19(26)29-4-2/h5-12H,3-4,13-14H2,1-2H3,(H2,24,28). The Bertz CT molecular complexity index is 1090. The van der Waals surface area contributed by atoms with Gasteiger partial charge in [0, 0.05) is 12.2 Å². The highest BCUT2D eigenvalue weighted by molar-refractivity contribution is 6.45. The number of ether oxygens (including phenoxy) is 2. The predicted molar refractivity (Wildman–Crippen MR) is 113 cm³/mol. The molecular formula is C23H24N2O5. The highest BCUT2D eigenvalue weighted by atomic mass is 16.6. The molecule has 0 saturated carbocycles. The van der Waals surface area contributed by atoms with Gasteiger partial charge < -0.3 is 19.8 Å². The zero-order valence-electron chi connectivity index (χ0n) is 17.0. The summed E-state index contributed by atoms with van der Waals surface area (Å²) in [6, 6.07) is 15.1. The van der Waals surface area contributed by atoms with E-state index in [4.69, 9.17) is 15.2 Å². The Morgan fingerprint density at radius 3 is 2.37 bits per heavy atom. The number of rotatable bonds is 9. The van der Waals surface area contributed by atoms with E-state index in [1.807, 2.05) is 47.9 Å². The molecule has 30 heavy (non-hydrogen) atoms. The number of nitrogens with zero attached hydrogens (tertiary/aromatic N) is 1. The normalized spacial score (nSPS) is 10.7. The highest BCUT2D eigenvalue weighted by Gasteiger charge is 2.27. The first-order valence-corrected chi connectivity index (χ1v) is 9.78. The number of fused-ring (bicyclic) bond motifs is 1. The molecule has 156 valence electrons. The van der Waals surface area contributed by atoms with Gasteiger partial charge in [-0.2, -0.15) is 0 Å². The quantitative estimate of drug-likeness (QED) is 0.333. The molecule has 0 fully saturated rings. The monoisotopic (exact) mass is 408 g/mol. The molecule has 1 amide bonds. The van der Waals surface area contributed by atoms with Crippen LogP contribution in [0.2, 0.25) is 0 Å². The summed E-state index contributed by atoms with van der Waals surface area (Å²) < 4.78 is 12.6. The van der Waals surface area contributed by atoms with Crippen LogP contribution in [0.4, 0.5) is 0 Å². The van der Waals surface area contributed by atoms with E-state index in [1.165, 1.54) is 0 Å². The minimum Gasteiger partial charge on any atom is -0.481 e. The van der Waals surface area contributed by atoms with Crippen molar-refractivity contribution in [3.05, 3.63) is 65.4 Å². The molecule has 1 heterocycles. The SMILES string of the molecule is CCOC(=O)COc1cccc2c1c(C(=O)C(N)=O)c(CC)n2Cc1ccccc1. The molecule has 3 rings (SSSR count). The summed E-state index contributed by atoms with van der Waals surface area (Å²) in [5.41, 5.74) is 8.01. The summed E-state index contributed by atoms with van der Waals surface area (Å²) in [6.45, 7) is 4.06. The van der Waals surface area contributed by atoms with E-state index in [1.54, 1.807) is 19.1 Å². The number of benzene rings is 2. The Morgan fingerprint density at radius 1 is 1.00 bits per heavy atom. The molecular weight excluding hydrogens is 384 g/mol. The van der Waals surface area contributed by atoms with E-state index in [2.05, 4.69) is 0 Å². The van der Waals surface area contributed by atoms with Crippen LogP contribution < -0.4 is 10.5 Å². The molecule has 0 aliphatic carbocycles. The first-order valence-electron chi connectivity index (χ1n) is 9.78. The van der Waals surface area contributed by atoms with Crippen LogP contribution in [0.3, 0.4) is 0 Å². The lowest BCUT2D eigenvalue weighted by molar-refractivity contribution is -0.145. The fraction of sp³-hybridized carbons (Fsp3) is 0.261. The number of Topliss-reactive ketones (excluding diaryl/α,β-unsaturated/α-hetero) is 1. The maximum atomic E-state index is 12.8. The number of nitrogens with two attached hydrogens (primary N) is 1. The minimum absolute atomic E-state index is 0.218. The van der Waals surface area contributed by atoms with Crippen LogP contribution in [0.5, 0.6) is 5.75 Å². The van der Waals surface area contributed by atoms with Gasteiger partial charge in [0.2, 0.25) is 0 Å². The molecule has 2 N–H and O–H groups in total. The van der Waals surface area contributed by atoms with Crippen molar-refractivity contribution >= 4 is 28.6 Å². The smallest absolute Gasteiger partial charge is 0.344 e. The number of carbonyl (C=O) groups excluding carboxylic acids is 3. The van der Waals surface area contributed by atoms with Crippen molar-refractivity contribution < 1.29 is 23.9 Å². The third-order valence-corrected chi connectivity index (χ3v) is 4.78. The number of ketones is 1. The summed E-state index contributed by atoms with van der Waals surface area (Å²) in [7, 11) is 0. The maximum absolute atomic E-state index is 12.8. The van der Waals surface area contributed by atoms with Crippen molar-refractivity contribution in [3.63, 3.8) is 0 Å². The summed E-state index contributed by atoms with van der Waals surface area (Å²) in [5, 5.41) is 0.471. The minimum atomic E-state index is -1.04. The van der Waals surface area contributed by atoms with Crippen molar-refractivity contribution in [2.24, 2.45) is 5.73 Å². The molecule has 3 aromatic rings. The van der Waals surface area contributed by atoms with Gasteiger partial charge in [0.25, 0.3) is 11.7 Å². The Morgan fingerprint density at radius 2 is 1.73 bits per heavy atom. The van der Waals surface area contributed by atoms with Gasteiger partial charge in [-0.3, -0.25) is 9.59 Å². The van der Waals surface area contributed by atoms with Crippen LogP contribution >= 0.6 is 0 Å². The zero-order valence-corrected chi connectivity index (χ0v) is 17.0. The van der Waals surface area contributed by atoms with Crippen LogP contribution in [-0.4, -0.2) is 35.4 Å². The van der Waals surface area contributed by atoms with Crippen molar-refractivity contribution in [1.29, 1.82) is 0 Å². The average Bonchev–Trinajstić information content (AvgIpc) is 3.06. The average molecular weight is 408 g/mol. The van der Waals surface area contributed by atoms with E-state index in [9.17, 15) is 14.4 Å². The third kappa shape index (κ3) is 4.20. The molecule has 0 unspecified atom stereocenters. The second-order valence-electron chi connectivity index (χ2n) is 6.68. The van der Waals surface area contributed by atoms with Gasteiger partial charge in [-0.05, 0) is 31.0 Å². The molecule has 0 aliphatic heterocycles. The fourth-order valence-corrected chi connectivity index (χ4v) is 3.56. The van der Waals surface area contributed by atoms with E-state index < -0.39 is 17.7 Å². The van der Waals surface area contributed by atoms with Gasteiger partial charge in [-0.25, -0.2) is 4.79 Å². The molecule has 7 heteroatoms. The summed E-state index contributed by atoms with van der Waals surface area (Å²) >= 11 is 0. The largest absolute Gasteiger partial charge is 0.481 e. The number of esters is 1. The molecule has 0 atom stereocenters. The van der Waals surface area contributed by atoms with Crippen LogP contribution in [0, 0.1) is 0 Å². The number of carbonyl (C=O) groups is 3. The lowest BCUT2D eigenvalue weighted by Gasteiger charge is -2.11. The number of hydrogen-bond acceptors (Lipinski definition) is 5. The molecule has 0 radical (unpaired) electrons. The van der Waals surface area contributed by atoms with Crippen molar-refractivity contribution in [1.82, 2.24) is 4.57 Å². The van der Waals surface area contributed by atoms with Crippen LogP contribution in [-0.2, 0) is 27.3 Å². The van der Waals surface area contributed by atoms with Crippen molar-refractivity contribution in [2.45, 2.75) is 26.8 Å². The van der Waals surface area contributed by atoms with Crippen LogP contribution in [0.15, 0.2) is 48.5 Å². The molecule has 0 bridgehead atoms. The van der Waals surface area contributed by atoms with Gasteiger partial charge in [-0.1, -0.05) is 43.3 Å². The van der Waals surface area contributed by atoms with Gasteiger partial charge >= 0.3 is 5.97 Å².